The van der Waals surface area contributed by atoms with Crippen molar-refractivity contribution < 1.29 is 14.3 Å². The smallest absolute Gasteiger partial charge is 0.371 e. The van der Waals surface area contributed by atoms with Crippen LogP contribution in [0.5, 0.6) is 0 Å². The van der Waals surface area contributed by atoms with E-state index in [1.807, 2.05) is 29.0 Å². The van der Waals surface area contributed by atoms with Crippen molar-refractivity contribution in [3.05, 3.63) is 46.9 Å². The van der Waals surface area contributed by atoms with Gasteiger partial charge in [0.2, 0.25) is 5.76 Å². The van der Waals surface area contributed by atoms with Crippen LogP contribution in [0.4, 0.5) is 0 Å². The molecule has 0 aliphatic heterocycles. The highest BCUT2D eigenvalue weighted by Gasteiger charge is 2.13. The van der Waals surface area contributed by atoms with E-state index in [1.165, 1.54) is 0 Å². The summed E-state index contributed by atoms with van der Waals surface area (Å²) in [6, 6.07) is 9.19. The van der Waals surface area contributed by atoms with Crippen molar-refractivity contribution in [3.8, 4) is 11.1 Å². The molecule has 0 saturated carbocycles. The lowest BCUT2D eigenvalue weighted by Gasteiger charge is -1.98. The summed E-state index contributed by atoms with van der Waals surface area (Å²) in [6.45, 7) is 0. The summed E-state index contributed by atoms with van der Waals surface area (Å²) in [5.41, 5.74) is 2.68. The Bertz CT molecular complexity index is 680. The number of aromatic carboxylic acids is 1. The molecule has 1 N–H and O–H groups in total. The molecule has 0 unspecified atom stereocenters. The van der Waals surface area contributed by atoms with Gasteiger partial charge >= 0.3 is 5.97 Å². The van der Waals surface area contributed by atoms with E-state index in [4.69, 9.17) is 9.52 Å². The maximum Gasteiger partial charge on any atom is 0.371 e. The number of carbonyl (C=O) groups is 1. The first-order chi connectivity index (χ1) is 8.25. The summed E-state index contributed by atoms with van der Waals surface area (Å²) in [6.07, 6.45) is 0. The SMILES string of the molecule is O=C(O)c1cc2c(-c3ccsc3)cccc2o1. The third kappa shape index (κ3) is 1.62. The summed E-state index contributed by atoms with van der Waals surface area (Å²) < 4.78 is 5.27. The van der Waals surface area contributed by atoms with Crippen LogP contribution in [0, 0.1) is 0 Å². The Labute approximate surface area is 101 Å². The molecule has 0 aliphatic rings. The second-order valence-electron chi connectivity index (χ2n) is 3.65. The third-order valence-electron chi connectivity index (χ3n) is 2.60. The Morgan fingerprint density at radius 2 is 2.18 bits per heavy atom. The molecule has 3 nitrogen and oxygen atoms in total. The zero-order chi connectivity index (χ0) is 11.8. The highest BCUT2D eigenvalue weighted by molar-refractivity contribution is 7.08. The van der Waals surface area contributed by atoms with Crippen LogP contribution in [0.2, 0.25) is 0 Å². The van der Waals surface area contributed by atoms with Crippen molar-refractivity contribution >= 4 is 28.3 Å². The zero-order valence-corrected chi connectivity index (χ0v) is 9.53. The van der Waals surface area contributed by atoms with E-state index >= 15 is 0 Å². The Morgan fingerprint density at radius 1 is 1.29 bits per heavy atom. The summed E-state index contributed by atoms with van der Waals surface area (Å²) >= 11 is 1.61. The maximum atomic E-state index is 10.9. The molecule has 2 aromatic heterocycles. The molecule has 0 amide bonds. The topological polar surface area (TPSA) is 50.4 Å². The number of carboxylic acids is 1. The molecule has 3 aromatic rings. The third-order valence-corrected chi connectivity index (χ3v) is 3.29. The van der Waals surface area contributed by atoms with Crippen LogP contribution in [0.1, 0.15) is 10.6 Å². The molecule has 84 valence electrons. The fraction of sp³-hybridized carbons (Fsp3) is 0. The van der Waals surface area contributed by atoms with Crippen molar-refractivity contribution in [2.75, 3.05) is 0 Å². The quantitative estimate of drug-likeness (QED) is 0.744. The molecular formula is C13H8O3S. The average molecular weight is 244 g/mol. The average Bonchev–Trinajstić information content (AvgIpc) is 2.97. The van der Waals surface area contributed by atoms with Gasteiger partial charge in [0.1, 0.15) is 5.58 Å². The number of rotatable bonds is 2. The highest BCUT2D eigenvalue weighted by atomic mass is 32.1. The minimum absolute atomic E-state index is 0.0253. The monoisotopic (exact) mass is 244 g/mol. The molecule has 0 saturated heterocycles. The lowest BCUT2D eigenvalue weighted by molar-refractivity contribution is 0.0665. The Balaban J connectivity index is 2.29. The van der Waals surface area contributed by atoms with Crippen molar-refractivity contribution in [1.29, 1.82) is 0 Å². The van der Waals surface area contributed by atoms with E-state index < -0.39 is 5.97 Å². The molecule has 2 heterocycles. The van der Waals surface area contributed by atoms with E-state index in [9.17, 15) is 4.79 Å². The van der Waals surface area contributed by atoms with E-state index in [2.05, 4.69) is 0 Å². The van der Waals surface area contributed by atoms with Crippen LogP contribution >= 0.6 is 11.3 Å². The predicted molar refractivity (Wildman–Crippen MR) is 66.5 cm³/mol. The zero-order valence-electron chi connectivity index (χ0n) is 8.71. The largest absolute Gasteiger partial charge is 0.475 e. The maximum absolute atomic E-state index is 10.9. The minimum atomic E-state index is -1.04. The van der Waals surface area contributed by atoms with Crippen LogP contribution < -0.4 is 0 Å². The van der Waals surface area contributed by atoms with Gasteiger partial charge in [0, 0.05) is 5.39 Å². The number of benzene rings is 1. The van der Waals surface area contributed by atoms with Gasteiger partial charge in [0.25, 0.3) is 0 Å². The Morgan fingerprint density at radius 3 is 2.88 bits per heavy atom. The number of hydrogen-bond acceptors (Lipinski definition) is 3. The van der Waals surface area contributed by atoms with Crippen LogP contribution in [0.25, 0.3) is 22.1 Å². The Kier molecular flexibility index (Phi) is 2.23. The second-order valence-corrected chi connectivity index (χ2v) is 4.43. The van der Waals surface area contributed by atoms with Crippen molar-refractivity contribution in [3.63, 3.8) is 0 Å². The normalized spacial score (nSPS) is 10.8. The van der Waals surface area contributed by atoms with Gasteiger partial charge < -0.3 is 9.52 Å². The first-order valence-corrected chi connectivity index (χ1v) is 5.98. The Hall–Kier alpha value is -2.07. The van der Waals surface area contributed by atoms with Crippen LogP contribution in [0.3, 0.4) is 0 Å². The summed E-state index contributed by atoms with van der Waals surface area (Å²) in [4.78, 5) is 10.9. The van der Waals surface area contributed by atoms with Gasteiger partial charge in [-0.1, -0.05) is 12.1 Å². The molecule has 3 rings (SSSR count). The van der Waals surface area contributed by atoms with Gasteiger partial charge in [-0.15, -0.1) is 0 Å². The predicted octanol–water partition coefficient (Wildman–Crippen LogP) is 3.86. The first kappa shape index (κ1) is 10.1. The summed E-state index contributed by atoms with van der Waals surface area (Å²) in [7, 11) is 0. The van der Waals surface area contributed by atoms with E-state index in [1.54, 1.807) is 23.5 Å². The molecule has 0 spiro atoms. The highest BCUT2D eigenvalue weighted by Crippen LogP contribution is 2.32. The molecule has 0 bridgehead atoms. The molecule has 0 fully saturated rings. The molecule has 0 atom stereocenters. The van der Waals surface area contributed by atoms with Crippen molar-refractivity contribution in [2.24, 2.45) is 0 Å². The fourth-order valence-corrected chi connectivity index (χ4v) is 2.49. The molecule has 17 heavy (non-hydrogen) atoms. The molecule has 1 aromatic carbocycles. The van der Waals surface area contributed by atoms with E-state index in [-0.39, 0.29) is 5.76 Å². The minimum Gasteiger partial charge on any atom is -0.475 e. The number of fused-ring (bicyclic) bond motifs is 1. The standard InChI is InChI=1S/C13H8O3S/c14-13(15)12-6-10-9(8-4-5-17-7-8)2-1-3-11(10)16-12/h1-7H,(H,14,15). The molecular weight excluding hydrogens is 236 g/mol. The molecule has 4 heteroatoms. The van der Waals surface area contributed by atoms with Gasteiger partial charge in [0.05, 0.1) is 0 Å². The molecule has 0 aliphatic carbocycles. The number of furan rings is 1. The summed E-state index contributed by atoms with van der Waals surface area (Å²) in [5, 5.41) is 13.8. The van der Waals surface area contributed by atoms with Gasteiger partial charge in [-0.3, -0.25) is 0 Å². The van der Waals surface area contributed by atoms with Gasteiger partial charge in [-0.2, -0.15) is 11.3 Å². The molecule has 0 radical (unpaired) electrons. The van der Waals surface area contributed by atoms with E-state index in [0.29, 0.717) is 5.58 Å². The van der Waals surface area contributed by atoms with Gasteiger partial charge in [0.15, 0.2) is 0 Å². The van der Waals surface area contributed by atoms with Crippen molar-refractivity contribution in [2.45, 2.75) is 0 Å². The number of hydrogen-bond donors (Lipinski definition) is 1. The van der Waals surface area contributed by atoms with Gasteiger partial charge in [-0.05, 0) is 40.1 Å². The summed E-state index contributed by atoms with van der Waals surface area (Å²) in [5.74, 6) is -1.07. The second kappa shape index (κ2) is 3.75. The lowest BCUT2D eigenvalue weighted by Crippen LogP contribution is -1.91. The van der Waals surface area contributed by atoms with Gasteiger partial charge in [-0.25, -0.2) is 4.79 Å². The van der Waals surface area contributed by atoms with Crippen LogP contribution in [-0.4, -0.2) is 11.1 Å². The van der Waals surface area contributed by atoms with Crippen molar-refractivity contribution in [1.82, 2.24) is 0 Å². The van der Waals surface area contributed by atoms with Crippen LogP contribution in [-0.2, 0) is 0 Å². The fourth-order valence-electron chi connectivity index (χ4n) is 1.84. The number of carboxylic acid groups (broad SMARTS) is 1. The first-order valence-electron chi connectivity index (χ1n) is 5.04. The number of thiophene rings is 1. The lowest BCUT2D eigenvalue weighted by atomic mass is 10.1. The van der Waals surface area contributed by atoms with Crippen LogP contribution in [0.15, 0.2) is 45.5 Å². The van der Waals surface area contributed by atoms with E-state index in [0.717, 1.165) is 16.5 Å².